The van der Waals surface area contributed by atoms with Gasteiger partial charge in [0.1, 0.15) is 0 Å². The summed E-state index contributed by atoms with van der Waals surface area (Å²) in [6.07, 6.45) is 9.44. The quantitative estimate of drug-likeness (QED) is 0.615. The zero-order chi connectivity index (χ0) is 10.1. The molecular weight excluding hydrogens is 174 g/mol. The maximum absolute atomic E-state index is 11.3. The summed E-state index contributed by atoms with van der Waals surface area (Å²) in [5.74, 6) is 2.65. The van der Waals surface area contributed by atoms with Crippen LogP contribution in [0.25, 0.3) is 0 Å². The first-order valence-electron chi connectivity index (χ1n) is 5.56. The number of carbonyl (C=O) groups is 1. The van der Waals surface area contributed by atoms with Crippen molar-refractivity contribution in [1.82, 2.24) is 4.90 Å². The van der Waals surface area contributed by atoms with Gasteiger partial charge in [0.05, 0.1) is 0 Å². The molecule has 0 N–H and O–H groups in total. The summed E-state index contributed by atoms with van der Waals surface area (Å²) in [6, 6.07) is 0. The number of rotatable bonds is 2. The topological polar surface area (TPSA) is 20.3 Å². The summed E-state index contributed by atoms with van der Waals surface area (Å²) in [5, 5.41) is 0. The molecule has 0 unspecified atom stereocenters. The van der Waals surface area contributed by atoms with E-state index in [-0.39, 0.29) is 5.91 Å². The number of allylic oxidation sites excluding steroid dienone is 1. The second-order valence-electron chi connectivity index (χ2n) is 4.93. The van der Waals surface area contributed by atoms with E-state index >= 15 is 0 Å². The van der Waals surface area contributed by atoms with Gasteiger partial charge in [-0.1, -0.05) is 12.5 Å². The molecule has 0 aromatic rings. The van der Waals surface area contributed by atoms with E-state index in [4.69, 9.17) is 0 Å². The van der Waals surface area contributed by atoms with Gasteiger partial charge in [0.15, 0.2) is 0 Å². The van der Waals surface area contributed by atoms with Crippen LogP contribution in [0.1, 0.15) is 25.7 Å². The summed E-state index contributed by atoms with van der Waals surface area (Å²) in [6.45, 7) is 0. The number of fused-ring (bicyclic) bond motifs is 2. The molecule has 78 valence electrons. The summed E-state index contributed by atoms with van der Waals surface area (Å²) in [4.78, 5) is 13.0. The van der Waals surface area contributed by atoms with Crippen molar-refractivity contribution in [3.63, 3.8) is 0 Å². The monoisotopic (exact) mass is 193 g/mol. The lowest BCUT2D eigenvalue weighted by Crippen LogP contribution is -2.19. The zero-order valence-corrected chi connectivity index (χ0v) is 9.07. The summed E-state index contributed by atoms with van der Waals surface area (Å²) >= 11 is 0. The molecule has 2 aliphatic carbocycles. The fraction of sp³-hybridized carbons (Fsp3) is 0.750. The van der Waals surface area contributed by atoms with Gasteiger partial charge in [-0.15, -0.1) is 0 Å². The first-order valence-corrected chi connectivity index (χ1v) is 5.56. The van der Waals surface area contributed by atoms with Crippen LogP contribution in [0, 0.1) is 17.8 Å². The lowest BCUT2D eigenvalue weighted by molar-refractivity contribution is -0.123. The van der Waals surface area contributed by atoms with Crippen molar-refractivity contribution in [1.29, 1.82) is 0 Å². The van der Waals surface area contributed by atoms with Gasteiger partial charge in [-0.25, -0.2) is 0 Å². The van der Waals surface area contributed by atoms with Crippen LogP contribution in [0.5, 0.6) is 0 Å². The van der Waals surface area contributed by atoms with Gasteiger partial charge < -0.3 is 4.90 Å². The standard InChI is InChI=1S/C12H19NO/c1-13(2)12(14)6-5-11-8-9-3-4-10(11)7-9/h5-6,9-11H,3-4,7-8H2,1-2H3/b6-5+/t9-,10+,11+/m1/s1. The molecule has 1 amide bonds. The highest BCUT2D eigenvalue weighted by atomic mass is 16.2. The third kappa shape index (κ3) is 1.84. The van der Waals surface area contributed by atoms with E-state index in [2.05, 4.69) is 6.08 Å². The summed E-state index contributed by atoms with van der Waals surface area (Å²) in [5.41, 5.74) is 0. The lowest BCUT2D eigenvalue weighted by atomic mass is 9.88. The van der Waals surface area contributed by atoms with Gasteiger partial charge in [-0.3, -0.25) is 4.79 Å². The van der Waals surface area contributed by atoms with E-state index in [0.717, 1.165) is 11.8 Å². The van der Waals surface area contributed by atoms with Gasteiger partial charge in [0.25, 0.3) is 0 Å². The normalized spacial score (nSPS) is 35.4. The molecule has 0 aromatic carbocycles. The molecule has 0 aromatic heterocycles. The van der Waals surface area contributed by atoms with Crippen LogP contribution >= 0.6 is 0 Å². The van der Waals surface area contributed by atoms with Gasteiger partial charge in [-0.05, 0) is 43.1 Å². The van der Waals surface area contributed by atoms with Crippen molar-refractivity contribution >= 4 is 5.91 Å². The van der Waals surface area contributed by atoms with Crippen LogP contribution in [-0.4, -0.2) is 24.9 Å². The van der Waals surface area contributed by atoms with E-state index in [1.54, 1.807) is 25.1 Å². The van der Waals surface area contributed by atoms with Gasteiger partial charge >= 0.3 is 0 Å². The van der Waals surface area contributed by atoms with Crippen LogP contribution in [0.2, 0.25) is 0 Å². The molecule has 0 aliphatic heterocycles. The van der Waals surface area contributed by atoms with Crippen molar-refractivity contribution in [2.75, 3.05) is 14.1 Å². The second kappa shape index (κ2) is 3.76. The van der Waals surface area contributed by atoms with E-state index in [0.29, 0.717) is 5.92 Å². The van der Waals surface area contributed by atoms with Crippen molar-refractivity contribution < 1.29 is 4.79 Å². The molecule has 0 saturated heterocycles. The van der Waals surface area contributed by atoms with E-state index in [9.17, 15) is 4.79 Å². The third-order valence-corrected chi connectivity index (χ3v) is 3.72. The molecule has 2 saturated carbocycles. The van der Waals surface area contributed by atoms with Gasteiger partial charge in [0.2, 0.25) is 5.91 Å². The molecule has 0 spiro atoms. The highest BCUT2D eigenvalue weighted by Gasteiger charge is 2.37. The number of likely N-dealkylation sites (N-methyl/N-ethyl adjacent to an activating group) is 1. The smallest absolute Gasteiger partial charge is 0.245 e. The Morgan fingerprint density at radius 1 is 1.29 bits per heavy atom. The average molecular weight is 193 g/mol. The van der Waals surface area contributed by atoms with E-state index in [1.165, 1.54) is 25.7 Å². The minimum absolute atomic E-state index is 0.118. The second-order valence-corrected chi connectivity index (χ2v) is 4.93. The average Bonchev–Trinajstić information content (AvgIpc) is 2.74. The lowest BCUT2D eigenvalue weighted by Gasteiger charge is -2.17. The molecular formula is C12H19NO. The Morgan fingerprint density at radius 2 is 2.07 bits per heavy atom. The van der Waals surface area contributed by atoms with Crippen LogP contribution in [0.4, 0.5) is 0 Å². The molecule has 2 aliphatic rings. The predicted molar refractivity (Wildman–Crippen MR) is 56.8 cm³/mol. The Morgan fingerprint density at radius 3 is 2.57 bits per heavy atom. The largest absolute Gasteiger partial charge is 0.345 e. The predicted octanol–water partition coefficient (Wildman–Crippen LogP) is 2.07. The van der Waals surface area contributed by atoms with Gasteiger partial charge in [-0.2, -0.15) is 0 Å². The van der Waals surface area contributed by atoms with Crippen molar-refractivity contribution in [3.8, 4) is 0 Å². The number of hydrogen-bond donors (Lipinski definition) is 0. The maximum atomic E-state index is 11.3. The Kier molecular flexibility index (Phi) is 2.62. The number of nitrogens with zero attached hydrogens (tertiary/aromatic N) is 1. The molecule has 14 heavy (non-hydrogen) atoms. The molecule has 2 rings (SSSR count). The van der Waals surface area contributed by atoms with Crippen molar-refractivity contribution in [2.24, 2.45) is 17.8 Å². The highest BCUT2D eigenvalue weighted by Crippen LogP contribution is 2.48. The molecule has 0 heterocycles. The van der Waals surface area contributed by atoms with Gasteiger partial charge in [0, 0.05) is 14.1 Å². The third-order valence-electron chi connectivity index (χ3n) is 3.72. The van der Waals surface area contributed by atoms with Crippen molar-refractivity contribution in [3.05, 3.63) is 12.2 Å². The van der Waals surface area contributed by atoms with Crippen molar-refractivity contribution in [2.45, 2.75) is 25.7 Å². The Hall–Kier alpha value is -0.790. The molecule has 2 heteroatoms. The molecule has 2 bridgehead atoms. The number of carbonyl (C=O) groups excluding carboxylic acids is 1. The SMILES string of the molecule is CN(C)C(=O)/C=C/[C@H]1C[C@@H]2CC[C@H]1C2. The molecule has 3 atom stereocenters. The molecule has 2 fully saturated rings. The molecule has 0 radical (unpaired) electrons. The van der Waals surface area contributed by atoms with Crippen LogP contribution < -0.4 is 0 Å². The maximum Gasteiger partial charge on any atom is 0.245 e. The fourth-order valence-corrected chi connectivity index (χ4v) is 2.88. The highest BCUT2D eigenvalue weighted by molar-refractivity contribution is 5.87. The summed E-state index contributed by atoms with van der Waals surface area (Å²) in [7, 11) is 3.60. The Labute approximate surface area is 86.0 Å². The first-order chi connectivity index (χ1) is 6.66. The summed E-state index contributed by atoms with van der Waals surface area (Å²) < 4.78 is 0. The molecule has 2 nitrogen and oxygen atoms in total. The van der Waals surface area contributed by atoms with E-state index < -0.39 is 0 Å². The van der Waals surface area contributed by atoms with E-state index in [1.807, 2.05) is 0 Å². The Balaban J connectivity index is 1.89. The zero-order valence-electron chi connectivity index (χ0n) is 9.07. The van der Waals surface area contributed by atoms with Crippen LogP contribution in [-0.2, 0) is 4.79 Å². The minimum atomic E-state index is 0.118. The fourth-order valence-electron chi connectivity index (χ4n) is 2.88. The van der Waals surface area contributed by atoms with Crippen LogP contribution in [0.3, 0.4) is 0 Å². The number of amides is 1. The Bertz CT molecular complexity index is 257. The first kappa shape index (κ1) is 9.75. The minimum Gasteiger partial charge on any atom is -0.345 e. The number of hydrogen-bond acceptors (Lipinski definition) is 1. The van der Waals surface area contributed by atoms with Crippen LogP contribution in [0.15, 0.2) is 12.2 Å².